The third-order valence-corrected chi connectivity index (χ3v) is 6.39. The van der Waals surface area contributed by atoms with Gasteiger partial charge >= 0.3 is 6.18 Å². The largest absolute Gasteiger partial charge is 0.497 e. The molecule has 0 N–H and O–H groups in total. The van der Waals surface area contributed by atoms with Crippen molar-refractivity contribution in [2.45, 2.75) is 11.3 Å². The normalized spacial score (nSPS) is 14.4. The van der Waals surface area contributed by atoms with Gasteiger partial charge in [-0.1, -0.05) is 23.9 Å². The third kappa shape index (κ3) is 5.44. The Hall–Kier alpha value is -3.14. The quantitative estimate of drug-likeness (QED) is 0.496. The van der Waals surface area contributed by atoms with Gasteiger partial charge in [-0.2, -0.15) is 13.2 Å². The molecule has 0 atom stereocenters. The summed E-state index contributed by atoms with van der Waals surface area (Å²) < 4.78 is 46.1. The molecule has 1 fully saturated rings. The maximum absolute atomic E-state index is 13.0. The van der Waals surface area contributed by atoms with Crippen LogP contribution in [0.25, 0.3) is 5.69 Å². The van der Waals surface area contributed by atoms with Gasteiger partial charge < -0.3 is 14.5 Å². The maximum atomic E-state index is 13.0. The van der Waals surface area contributed by atoms with E-state index in [2.05, 4.69) is 4.98 Å². The van der Waals surface area contributed by atoms with E-state index >= 15 is 0 Å². The number of hydrogen-bond acceptors (Lipinski definition) is 5. The predicted molar refractivity (Wildman–Crippen MR) is 121 cm³/mol. The lowest BCUT2D eigenvalue weighted by Gasteiger charge is -2.36. The summed E-state index contributed by atoms with van der Waals surface area (Å²) >= 11 is 1.35. The fourth-order valence-electron chi connectivity index (χ4n) is 3.66. The molecule has 1 amide bonds. The molecule has 2 aromatic carbocycles. The number of piperazine rings is 1. The molecule has 1 aliphatic rings. The summed E-state index contributed by atoms with van der Waals surface area (Å²) in [5.41, 5.74) is 0.740. The predicted octanol–water partition coefficient (Wildman–Crippen LogP) is 4.34. The van der Waals surface area contributed by atoms with Crippen LogP contribution in [-0.2, 0) is 11.0 Å². The molecule has 0 radical (unpaired) electrons. The van der Waals surface area contributed by atoms with Gasteiger partial charge in [-0.05, 0) is 30.3 Å². The molecule has 1 saturated heterocycles. The van der Waals surface area contributed by atoms with E-state index in [1.165, 1.54) is 17.8 Å². The number of thioether (sulfide) groups is 1. The van der Waals surface area contributed by atoms with Gasteiger partial charge in [0.2, 0.25) is 5.91 Å². The monoisotopic (exact) mass is 476 g/mol. The van der Waals surface area contributed by atoms with Crippen molar-refractivity contribution in [2.24, 2.45) is 0 Å². The summed E-state index contributed by atoms with van der Waals surface area (Å²) in [4.78, 5) is 20.7. The van der Waals surface area contributed by atoms with E-state index in [9.17, 15) is 18.0 Å². The highest BCUT2D eigenvalue weighted by molar-refractivity contribution is 7.99. The molecule has 2 heterocycles. The van der Waals surface area contributed by atoms with Crippen LogP contribution < -0.4 is 9.64 Å². The topological polar surface area (TPSA) is 50.6 Å². The minimum absolute atomic E-state index is 0.0242. The Kier molecular flexibility index (Phi) is 6.83. The number of aromatic nitrogens is 2. The summed E-state index contributed by atoms with van der Waals surface area (Å²) in [7, 11) is 1.61. The van der Waals surface area contributed by atoms with Crippen molar-refractivity contribution in [1.29, 1.82) is 0 Å². The molecule has 33 heavy (non-hydrogen) atoms. The van der Waals surface area contributed by atoms with Gasteiger partial charge in [0.15, 0.2) is 5.16 Å². The van der Waals surface area contributed by atoms with Crippen LogP contribution in [-0.4, -0.2) is 59.4 Å². The van der Waals surface area contributed by atoms with Crippen LogP contribution in [0.3, 0.4) is 0 Å². The molecule has 174 valence electrons. The van der Waals surface area contributed by atoms with E-state index in [0.29, 0.717) is 37.0 Å². The zero-order valence-corrected chi connectivity index (χ0v) is 18.8. The van der Waals surface area contributed by atoms with E-state index in [4.69, 9.17) is 4.74 Å². The van der Waals surface area contributed by atoms with Crippen LogP contribution in [0.2, 0.25) is 0 Å². The number of anilines is 1. The van der Waals surface area contributed by atoms with Crippen LogP contribution in [0.5, 0.6) is 5.75 Å². The number of imidazole rings is 1. The van der Waals surface area contributed by atoms with E-state index in [0.717, 1.165) is 23.6 Å². The first-order valence-electron chi connectivity index (χ1n) is 10.4. The maximum Gasteiger partial charge on any atom is 0.416 e. The Labute approximate surface area is 194 Å². The van der Waals surface area contributed by atoms with Crippen LogP contribution >= 0.6 is 11.8 Å². The van der Waals surface area contributed by atoms with E-state index in [-0.39, 0.29) is 11.7 Å². The summed E-state index contributed by atoms with van der Waals surface area (Å²) in [6.45, 7) is 1.88. The number of rotatable bonds is 6. The fourth-order valence-corrected chi connectivity index (χ4v) is 4.54. The average molecular weight is 477 g/mol. The second-order valence-electron chi connectivity index (χ2n) is 7.49. The standard InChI is InChI=1S/C23H23F3N4O2S/c1-32-20-7-3-6-19(15-20)30-9-8-27-22(30)33-16-21(31)29-12-10-28(11-13-29)18-5-2-4-17(14-18)23(24,25)26/h2-9,14-15H,10-13,16H2,1H3. The van der Waals surface area contributed by atoms with Crippen LogP contribution in [0.4, 0.5) is 18.9 Å². The minimum Gasteiger partial charge on any atom is -0.497 e. The van der Waals surface area contributed by atoms with Gasteiger partial charge in [0.05, 0.1) is 24.1 Å². The van der Waals surface area contributed by atoms with Crippen LogP contribution in [0.15, 0.2) is 66.1 Å². The smallest absolute Gasteiger partial charge is 0.416 e. The van der Waals surface area contributed by atoms with Gasteiger partial charge in [0, 0.05) is 50.3 Å². The van der Waals surface area contributed by atoms with Crippen LogP contribution in [0, 0.1) is 0 Å². The highest BCUT2D eigenvalue weighted by Gasteiger charge is 2.31. The highest BCUT2D eigenvalue weighted by atomic mass is 32.2. The lowest BCUT2D eigenvalue weighted by molar-refractivity contribution is -0.137. The lowest BCUT2D eigenvalue weighted by Crippen LogP contribution is -2.49. The molecule has 3 aromatic rings. The number of benzene rings is 2. The first-order valence-corrected chi connectivity index (χ1v) is 11.3. The Morgan fingerprint density at radius 2 is 1.79 bits per heavy atom. The van der Waals surface area contributed by atoms with E-state index in [1.54, 1.807) is 24.3 Å². The average Bonchev–Trinajstić information content (AvgIpc) is 3.31. The van der Waals surface area contributed by atoms with Crippen molar-refractivity contribution in [3.63, 3.8) is 0 Å². The van der Waals surface area contributed by atoms with Gasteiger partial charge in [-0.25, -0.2) is 4.98 Å². The highest BCUT2D eigenvalue weighted by Crippen LogP contribution is 2.32. The molecule has 1 aromatic heterocycles. The van der Waals surface area contributed by atoms with Gasteiger partial charge in [0.25, 0.3) is 0 Å². The minimum atomic E-state index is -4.37. The van der Waals surface area contributed by atoms with Gasteiger partial charge in [-0.3, -0.25) is 9.36 Å². The molecule has 0 spiro atoms. The zero-order valence-electron chi connectivity index (χ0n) is 18.0. The molecule has 1 aliphatic heterocycles. The summed E-state index contributed by atoms with van der Waals surface area (Å²) in [6, 6.07) is 12.9. The molecule has 6 nitrogen and oxygen atoms in total. The number of amides is 1. The number of hydrogen-bond donors (Lipinski definition) is 0. The van der Waals surface area contributed by atoms with Crippen molar-refractivity contribution in [3.05, 3.63) is 66.5 Å². The SMILES string of the molecule is COc1cccc(-n2ccnc2SCC(=O)N2CCN(c3cccc(C(F)(F)F)c3)CC2)c1. The van der Waals surface area contributed by atoms with Crippen molar-refractivity contribution in [2.75, 3.05) is 43.9 Å². The van der Waals surface area contributed by atoms with Gasteiger partial charge in [0.1, 0.15) is 5.75 Å². The zero-order chi connectivity index (χ0) is 23.4. The second-order valence-corrected chi connectivity index (χ2v) is 8.43. The molecule has 4 rings (SSSR count). The van der Waals surface area contributed by atoms with Crippen molar-refractivity contribution in [3.8, 4) is 11.4 Å². The second kappa shape index (κ2) is 9.78. The van der Waals surface area contributed by atoms with Crippen molar-refractivity contribution in [1.82, 2.24) is 14.5 Å². The number of methoxy groups -OCH3 is 1. The first kappa shape index (κ1) is 23.0. The molecule has 0 aliphatic carbocycles. The molecule has 0 saturated carbocycles. The number of carbonyl (C=O) groups is 1. The Bertz CT molecular complexity index is 1110. The van der Waals surface area contributed by atoms with E-state index in [1.807, 2.05) is 39.9 Å². The first-order chi connectivity index (χ1) is 15.8. The summed E-state index contributed by atoms with van der Waals surface area (Å²) in [5, 5.41) is 0.694. The third-order valence-electron chi connectivity index (χ3n) is 5.43. The number of alkyl halides is 3. The number of halogens is 3. The number of ether oxygens (including phenoxy) is 1. The molecular formula is C23H23F3N4O2S. The molecular weight excluding hydrogens is 453 g/mol. The lowest BCUT2D eigenvalue weighted by atomic mass is 10.1. The van der Waals surface area contributed by atoms with Crippen molar-refractivity contribution >= 4 is 23.4 Å². The molecule has 0 bridgehead atoms. The number of nitrogens with zero attached hydrogens (tertiary/aromatic N) is 4. The molecule has 10 heteroatoms. The Morgan fingerprint density at radius 3 is 2.52 bits per heavy atom. The fraction of sp³-hybridized carbons (Fsp3) is 0.304. The Morgan fingerprint density at radius 1 is 1.06 bits per heavy atom. The molecule has 0 unspecified atom stereocenters. The van der Waals surface area contributed by atoms with E-state index < -0.39 is 11.7 Å². The Balaban J connectivity index is 1.33. The summed E-state index contributed by atoms with van der Waals surface area (Å²) in [6.07, 6.45) is -0.864. The number of carbonyl (C=O) groups excluding carboxylic acids is 1. The van der Waals surface area contributed by atoms with Crippen molar-refractivity contribution < 1.29 is 22.7 Å². The van der Waals surface area contributed by atoms with Gasteiger partial charge in [-0.15, -0.1) is 0 Å². The summed E-state index contributed by atoms with van der Waals surface area (Å²) in [5.74, 6) is 0.931. The van der Waals surface area contributed by atoms with Crippen LogP contribution in [0.1, 0.15) is 5.56 Å².